The van der Waals surface area contributed by atoms with Crippen molar-refractivity contribution in [1.29, 1.82) is 0 Å². The van der Waals surface area contributed by atoms with Crippen LogP contribution in [0.3, 0.4) is 0 Å². The molecule has 206 valence electrons. The number of benzene rings is 2. The molecule has 0 heterocycles. The number of phenolic OH excluding ortho intramolecular Hbond substituents is 1. The van der Waals surface area contributed by atoms with Gasteiger partial charge in [0.2, 0.25) is 5.91 Å². The lowest BCUT2D eigenvalue weighted by Crippen LogP contribution is -2.53. The largest absolute Gasteiger partial charge is 0.508 e. The van der Waals surface area contributed by atoms with Gasteiger partial charge in [-0.1, -0.05) is 24.3 Å². The van der Waals surface area contributed by atoms with E-state index in [-0.39, 0.29) is 23.6 Å². The number of anilines is 1. The van der Waals surface area contributed by atoms with Crippen LogP contribution in [0.1, 0.15) is 62.8 Å². The Balaban J connectivity index is 2.00. The number of thioether (sulfide) groups is 1. The van der Waals surface area contributed by atoms with Gasteiger partial charge in [-0.3, -0.25) is 9.59 Å². The van der Waals surface area contributed by atoms with Crippen LogP contribution >= 0.6 is 11.8 Å². The van der Waals surface area contributed by atoms with Crippen molar-refractivity contribution in [1.82, 2.24) is 10.2 Å². The smallest absolute Gasteiger partial charge is 0.408 e. The summed E-state index contributed by atoms with van der Waals surface area (Å²) in [7, 11) is 0. The molecular formula is C29H39N3O5S. The van der Waals surface area contributed by atoms with Crippen LogP contribution in [-0.4, -0.2) is 57.6 Å². The number of amides is 3. The van der Waals surface area contributed by atoms with Gasteiger partial charge in [0.15, 0.2) is 0 Å². The molecule has 38 heavy (non-hydrogen) atoms. The Morgan fingerprint density at radius 1 is 1.11 bits per heavy atom. The van der Waals surface area contributed by atoms with Crippen LogP contribution in [0.2, 0.25) is 0 Å². The Hall–Kier alpha value is -3.20. The molecule has 0 radical (unpaired) electrons. The zero-order chi connectivity index (χ0) is 28.0. The van der Waals surface area contributed by atoms with Gasteiger partial charge in [0, 0.05) is 11.7 Å². The van der Waals surface area contributed by atoms with E-state index in [1.54, 1.807) is 62.6 Å². The molecule has 0 bridgehead atoms. The molecule has 2 aromatic carbocycles. The Bertz CT molecular complexity index is 1160. The maximum absolute atomic E-state index is 14.1. The highest BCUT2D eigenvalue weighted by Crippen LogP contribution is 2.37. The summed E-state index contributed by atoms with van der Waals surface area (Å²) in [6, 6.07) is 10.5. The third kappa shape index (κ3) is 7.90. The molecule has 3 amide bonds. The number of aromatic hydroxyl groups is 1. The summed E-state index contributed by atoms with van der Waals surface area (Å²) in [5, 5.41) is 15.9. The molecule has 9 heteroatoms. The van der Waals surface area contributed by atoms with Crippen molar-refractivity contribution in [3.05, 3.63) is 59.2 Å². The summed E-state index contributed by atoms with van der Waals surface area (Å²) in [5.41, 5.74) is 2.03. The van der Waals surface area contributed by atoms with Crippen LogP contribution in [0.5, 0.6) is 5.75 Å². The first kappa shape index (κ1) is 29.4. The number of alkyl carbamates (subject to hydrolysis) is 1. The fourth-order valence-electron chi connectivity index (χ4n) is 4.19. The molecule has 8 nitrogen and oxygen atoms in total. The lowest BCUT2D eigenvalue weighted by Gasteiger charge is -2.35. The maximum Gasteiger partial charge on any atom is 0.408 e. The minimum Gasteiger partial charge on any atom is -0.508 e. The number of rotatable bonds is 10. The van der Waals surface area contributed by atoms with E-state index in [0.29, 0.717) is 29.0 Å². The van der Waals surface area contributed by atoms with E-state index in [1.165, 1.54) is 0 Å². The monoisotopic (exact) mass is 541 g/mol. The van der Waals surface area contributed by atoms with Gasteiger partial charge in [0.25, 0.3) is 5.91 Å². The number of para-hydroxylation sites is 1. The van der Waals surface area contributed by atoms with Crippen LogP contribution in [0.15, 0.2) is 42.5 Å². The molecule has 2 atom stereocenters. The normalized spacial score (nSPS) is 14.8. The Labute approximate surface area is 229 Å². The van der Waals surface area contributed by atoms with Gasteiger partial charge in [0.05, 0.1) is 0 Å². The molecule has 1 aliphatic rings. The number of ether oxygens (including phenoxy) is 1. The first-order valence-electron chi connectivity index (χ1n) is 12.9. The molecule has 1 fully saturated rings. The van der Waals surface area contributed by atoms with Crippen LogP contribution in [0.4, 0.5) is 10.5 Å². The second-order valence-corrected chi connectivity index (χ2v) is 11.7. The van der Waals surface area contributed by atoms with Crippen molar-refractivity contribution in [2.45, 2.75) is 77.6 Å². The van der Waals surface area contributed by atoms with Crippen molar-refractivity contribution in [3.63, 3.8) is 0 Å². The minimum absolute atomic E-state index is 0.112. The number of nitrogens with zero attached hydrogens (tertiary/aromatic N) is 1. The molecule has 2 aromatic rings. The fourth-order valence-corrected chi connectivity index (χ4v) is 4.67. The van der Waals surface area contributed by atoms with Crippen molar-refractivity contribution >= 4 is 35.4 Å². The molecule has 2 unspecified atom stereocenters. The number of carbonyl (C=O) groups is 3. The van der Waals surface area contributed by atoms with Crippen LogP contribution in [0, 0.1) is 13.8 Å². The molecule has 0 spiro atoms. The molecule has 1 saturated carbocycles. The predicted molar refractivity (Wildman–Crippen MR) is 151 cm³/mol. The van der Waals surface area contributed by atoms with E-state index >= 15 is 0 Å². The molecule has 3 N–H and O–H groups in total. The van der Waals surface area contributed by atoms with Gasteiger partial charge in [-0.05, 0) is 101 Å². The van der Waals surface area contributed by atoms with E-state index in [2.05, 4.69) is 10.6 Å². The molecular weight excluding hydrogens is 502 g/mol. The quantitative estimate of drug-likeness (QED) is 0.375. The molecule has 0 aromatic heterocycles. The average Bonchev–Trinajstić information content (AvgIpc) is 3.67. The summed E-state index contributed by atoms with van der Waals surface area (Å²) in [5.74, 6) is 0.0671. The van der Waals surface area contributed by atoms with Crippen LogP contribution < -0.4 is 10.6 Å². The highest BCUT2D eigenvalue weighted by atomic mass is 32.2. The first-order valence-corrected chi connectivity index (χ1v) is 14.3. The SMILES string of the molecule is CSCCC(NC(=O)OC(C)(C)C)C(=O)N(C1CC1)C(C(=O)Nc1ccccc1C)c1ccc(O)c(C)c1. The highest BCUT2D eigenvalue weighted by Gasteiger charge is 2.44. The number of nitrogens with one attached hydrogen (secondary N) is 2. The highest BCUT2D eigenvalue weighted by molar-refractivity contribution is 7.98. The number of carbonyl (C=O) groups excluding carboxylic acids is 3. The van der Waals surface area contributed by atoms with Gasteiger partial charge in [-0.25, -0.2) is 4.79 Å². The van der Waals surface area contributed by atoms with E-state index in [0.717, 1.165) is 18.4 Å². The van der Waals surface area contributed by atoms with E-state index in [4.69, 9.17) is 4.74 Å². The lowest BCUT2D eigenvalue weighted by atomic mass is 9.99. The second kappa shape index (κ2) is 12.6. The molecule has 0 saturated heterocycles. The second-order valence-electron chi connectivity index (χ2n) is 10.7. The zero-order valence-corrected chi connectivity index (χ0v) is 23.9. The van der Waals surface area contributed by atoms with Crippen molar-refractivity contribution in [2.24, 2.45) is 0 Å². The van der Waals surface area contributed by atoms with Crippen LogP contribution in [0.25, 0.3) is 0 Å². The number of aryl methyl sites for hydroxylation is 2. The standard InChI is InChI=1S/C29H39N3O5S/c1-18-9-7-8-10-22(18)30-26(34)25(20-11-14-24(33)19(2)17-20)32(21-12-13-21)27(35)23(15-16-38-6)31-28(36)37-29(3,4)5/h7-11,14,17,21,23,25,33H,12-13,15-16H2,1-6H3,(H,30,34)(H,31,36). The fraction of sp³-hybridized carbons (Fsp3) is 0.483. The van der Waals surface area contributed by atoms with Gasteiger partial charge in [0.1, 0.15) is 23.4 Å². The van der Waals surface area contributed by atoms with Gasteiger partial charge in [-0.15, -0.1) is 0 Å². The first-order chi connectivity index (χ1) is 17.9. The van der Waals surface area contributed by atoms with Crippen molar-refractivity contribution < 1.29 is 24.2 Å². The lowest BCUT2D eigenvalue weighted by molar-refractivity contribution is -0.141. The summed E-state index contributed by atoms with van der Waals surface area (Å²) in [6.45, 7) is 8.95. The molecule has 3 rings (SSSR count). The Morgan fingerprint density at radius 2 is 1.79 bits per heavy atom. The van der Waals surface area contributed by atoms with Crippen molar-refractivity contribution in [2.75, 3.05) is 17.3 Å². The predicted octanol–water partition coefficient (Wildman–Crippen LogP) is 5.33. The van der Waals surface area contributed by atoms with Crippen molar-refractivity contribution in [3.8, 4) is 5.75 Å². The average molecular weight is 542 g/mol. The number of hydrogen-bond acceptors (Lipinski definition) is 6. The topological polar surface area (TPSA) is 108 Å². The number of phenols is 1. The van der Waals surface area contributed by atoms with E-state index in [9.17, 15) is 19.5 Å². The maximum atomic E-state index is 14.1. The Morgan fingerprint density at radius 3 is 2.37 bits per heavy atom. The van der Waals surface area contributed by atoms with E-state index in [1.807, 2.05) is 37.4 Å². The zero-order valence-electron chi connectivity index (χ0n) is 23.0. The van der Waals surface area contributed by atoms with Gasteiger partial charge >= 0.3 is 6.09 Å². The molecule has 1 aliphatic carbocycles. The summed E-state index contributed by atoms with van der Waals surface area (Å²) in [4.78, 5) is 42.3. The summed E-state index contributed by atoms with van der Waals surface area (Å²) < 4.78 is 5.43. The minimum atomic E-state index is -0.953. The summed E-state index contributed by atoms with van der Waals surface area (Å²) in [6.07, 6.45) is 3.18. The number of hydrogen-bond donors (Lipinski definition) is 3. The van der Waals surface area contributed by atoms with Gasteiger partial charge in [-0.2, -0.15) is 11.8 Å². The third-order valence-electron chi connectivity index (χ3n) is 6.26. The Kier molecular flexibility index (Phi) is 9.71. The summed E-state index contributed by atoms with van der Waals surface area (Å²) >= 11 is 1.57. The van der Waals surface area contributed by atoms with Gasteiger partial charge < -0.3 is 25.4 Å². The van der Waals surface area contributed by atoms with Crippen LogP contribution in [-0.2, 0) is 14.3 Å². The molecule has 0 aliphatic heterocycles. The van der Waals surface area contributed by atoms with E-state index < -0.39 is 23.8 Å². The third-order valence-corrected chi connectivity index (χ3v) is 6.90.